The van der Waals surface area contributed by atoms with E-state index in [9.17, 15) is 0 Å². The highest BCUT2D eigenvalue weighted by atomic mass is 16.5. The van der Waals surface area contributed by atoms with Gasteiger partial charge < -0.3 is 10.5 Å². The molecule has 0 unspecified atom stereocenters. The molecule has 19 heavy (non-hydrogen) atoms. The van der Waals surface area contributed by atoms with Crippen LogP contribution < -0.4 is 10.5 Å². The number of anilines is 1. The summed E-state index contributed by atoms with van der Waals surface area (Å²) in [6.45, 7) is 6.60. The van der Waals surface area contributed by atoms with Crippen molar-refractivity contribution in [3.05, 3.63) is 47.3 Å². The molecule has 2 rings (SSSR count). The van der Waals surface area contributed by atoms with Crippen molar-refractivity contribution < 1.29 is 4.74 Å². The van der Waals surface area contributed by atoms with Crippen LogP contribution in [0.4, 0.5) is 5.69 Å². The lowest BCUT2D eigenvalue weighted by atomic mass is 10.1. The molecule has 2 aromatic rings. The van der Waals surface area contributed by atoms with Crippen molar-refractivity contribution in [2.45, 2.75) is 33.3 Å². The second-order valence-electron chi connectivity index (χ2n) is 4.90. The van der Waals surface area contributed by atoms with Crippen molar-refractivity contribution in [2.75, 3.05) is 5.73 Å². The Balaban J connectivity index is 2.08. The predicted molar refractivity (Wildman–Crippen MR) is 76.0 cm³/mol. The van der Waals surface area contributed by atoms with Crippen LogP contribution >= 0.6 is 0 Å². The molecule has 0 bridgehead atoms. The second kappa shape index (κ2) is 5.69. The van der Waals surface area contributed by atoms with Crippen molar-refractivity contribution in [2.24, 2.45) is 0 Å². The third-order valence-corrected chi connectivity index (χ3v) is 2.79. The van der Waals surface area contributed by atoms with Gasteiger partial charge in [-0.05, 0) is 36.6 Å². The van der Waals surface area contributed by atoms with E-state index in [4.69, 9.17) is 10.5 Å². The van der Waals surface area contributed by atoms with E-state index in [1.165, 1.54) is 0 Å². The molecule has 0 saturated carbocycles. The standard InChI is InChI=1S/C15H19N3O/c1-10(2)14-8-11(3)17-15(18-14)19-9-12-4-6-13(16)7-5-12/h4-8,10H,9,16H2,1-3H3. The van der Waals surface area contributed by atoms with E-state index in [1.54, 1.807) is 0 Å². The first-order valence-electron chi connectivity index (χ1n) is 6.37. The number of benzene rings is 1. The minimum Gasteiger partial charge on any atom is -0.459 e. The molecule has 0 atom stereocenters. The Morgan fingerprint density at radius 3 is 2.47 bits per heavy atom. The molecule has 0 fully saturated rings. The van der Waals surface area contributed by atoms with Crippen molar-refractivity contribution in [3.63, 3.8) is 0 Å². The number of nitrogens with zero attached hydrogens (tertiary/aromatic N) is 2. The van der Waals surface area contributed by atoms with Crippen molar-refractivity contribution >= 4 is 5.69 Å². The van der Waals surface area contributed by atoms with Crippen molar-refractivity contribution in [1.82, 2.24) is 9.97 Å². The number of ether oxygens (including phenoxy) is 1. The Morgan fingerprint density at radius 1 is 1.16 bits per heavy atom. The first-order valence-corrected chi connectivity index (χ1v) is 6.37. The van der Waals surface area contributed by atoms with Gasteiger partial charge in [-0.25, -0.2) is 4.98 Å². The molecule has 0 saturated heterocycles. The summed E-state index contributed by atoms with van der Waals surface area (Å²) in [5.74, 6) is 0.362. The summed E-state index contributed by atoms with van der Waals surface area (Å²) in [7, 11) is 0. The van der Waals surface area contributed by atoms with Gasteiger partial charge in [-0.1, -0.05) is 26.0 Å². The monoisotopic (exact) mass is 257 g/mol. The minimum atomic E-state index is 0.362. The molecule has 0 aliphatic heterocycles. The van der Waals surface area contributed by atoms with E-state index in [1.807, 2.05) is 37.3 Å². The van der Waals surface area contributed by atoms with Gasteiger partial charge in [-0.2, -0.15) is 4.98 Å². The third kappa shape index (κ3) is 3.68. The number of hydrogen-bond donors (Lipinski definition) is 1. The molecule has 0 aliphatic rings. The van der Waals surface area contributed by atoms with Crippen LogP contribution in [-0.2, 0) is 6.61 Å². The fourth-order valence-corrected chi connectivity index (χ4v) is 1.69. The van der Waals surface area contributed by atoms with Gasteiger partial charge in [0.1, 0.15) is 6.61 Å². The molecule has 4 nitrogen and oxygen atoms in total. The fraction of sp³-hybridized carbons (Fsp3) is 0.333. The number of nitrogens with two attached hydrogens (primary N) is 1. The van der Waals surface area contributed by atoms with Gasteiger partial charge in [0.25, 0.3) is 0 Å². The normalized spacial score (nSPS) is 10.7. The maximum Gasteiger partial charge on any atom is 0.317 e. The molecule has 1 aromatic heterocycles. The third-order valence-electron chi connectivity index (χ3n) is 2.79. The summed E-state index contributed by atoms with van der Waals surface area (Å²) in [6.07, 6.45) is 0. The van der Waals surface area contributed by atoms with Gasteiger partial charge in [-0.15, -0.1) is 0 Å². The Labute approximate surface area is 113 Å². The summed E-state index contributed by atoms with van der Waals surface area (Å²) >= 11 is 0. The highest BCUT2D eigenvalue weighted by Gasteiger charge is 2.06. The van der Waals surface area contributed by atoms with E-state index in [-0.39, 0.29) is 0 Å². The van der Waals surface area contributed by atoms with Crippen LogP contribution in [-0.4, -0.2) is 9.97 Å². The Bertz CT molecular complexity index is 550. The molecule has 2 N–H and O–H groups in total. The van der Waals surface area contributed by atoms with Gasteiger partial charge in [-0.3, -0.25) is 0 Å². The molecule has 0 aliphatic carbocycles. The number of aromatic nitrogens is 2. The van der Waals surface area contributed by atoms with Gasteiger partial charge >= 0.3 is 6.01 Å². The zero-order valence-corrected chi connectivity index (χ0v) is 11.6. The lowest BCUT2D eigenvalue weighted by Crippen LogP contribution is -2.04. The van der Waals surface area contributed by atoms with Gasteiger partial charge in [0, 0.05) is 11.4 Å². The summed E-state index contributed by atoms with van der Waals surface area (Å²) in [5, 5.41) is 0. The molecule has 1 aromatic carbocycles. The van der Waals surface area contributed by atoms with Crippen LogP contribution in [0.2, 0.25) is 0 Å². The van der Waals surface area contributed by atoms with E-state index < -0.39 is 0 Å². The van der Waals surface area contributed by atoms with Crippen molar-refractivity contribution in [1.29, 1.82) is 0 Å². The highest BCUT2D eigenvalue weighted by Crippen LogP contribution is 2.16. The number of hydrogen-bond acceptors (Lipinski definition) is 4. The van der Waals surface area contributed by atoms with Gasteiger partial charge in [0.05, 0.1) is 5.69 Å². The lowest BCUT2D eigenvalue weighted by molar-refractivity contribution is 0.278. The SMILES string of the molecule is Cc1cc(C(C)C)nc(OCc2ccc(N)cc2)n1. The molecule has 4 heteroatoms. The molecule has 1 heterocycles. The molecular formula is C15H19N3O. The smallest absolute Gasteiger partial charge is 0.317 e. The van der Waals surface area contributed by atoms with Crippen LogP contribution in [0, 0.1) is 6.92 Å². The maximum absolute atomic E-state index is 5.64. The van der Waals surface area contributed by atoms with E-state index in [0.29, 0.717) is 18.5 Å². The Kier molecular flexibility index (Phi) is 4.00. The van der Waals surface area contributed by atoms with Crippen LogP contribution in [0.15, 0.2) is 30.3 Å². The first-order chi connectivity index (χ1) is 9.04. The number of nitrogen functional groups attached to an aromatic ring is 1. The summed E-state index contributed by atoms with van der Waals surface area (Å²) in [6, 6.07) is 10.0. The van der Waals surface area contributed by atoms with Crippen LogP contribution in [0.25, 0.3) is 0 Å². The van der Waals surface area contributed by atoms with Crippen LogP contribution in [0.5, 0.6) is 6.01 Å². The second-order valence-corrected chi connectivity index (χ2v) is 4.90. The quantitative estimate of drug-likeness (QED) is 0.855. The average Bonchev–Trinajstić information content (AvgIpc) is 2.37. The number of rotatable bonds is 4. The fourth-order valence-electron chi connectivity index (χ4n) is 1.69. The zero-order chi connectivity index (χ0) is 13.8. The number of aryl methyl sites for hydroxylation is 1. The zero-order valence-electron chi connectivity index (χ0n) is 11.6. The first kappa shape index (κ1) is 13.3. The van der Waals surface area contributed by atoms with Gasteiger partial charge in [0.2, 0.25) is 0 Å². The summed E-state index contributed by atoms with van der Waals surface area (Å²) in [5.41, 5.74) is 9.36. The summed E-state index contributed by atoms with van der Waals surface area (Å²) < 4.78 is 5.64. The minimum absolute atomic E-state index is 0.362. The molecular weight excluding hydrogens is 238 g/mol. The molecule has 0 amide bonds. The van der Waals surface area contributed by atoms with E-state index in [0.717, 1.165) is 22.6 Å². The van der Waals surface area contributed by atoms with E-state index in [2.05, 4.69) is 23.8 Å². The molecule has 0 spiro atoms. The Hall–Kier alpha value is -2.10. The average molecular weight is 257 g/mol. The predicted octanol–water partition coefficient (Wildman–Crippen LogP) is 3.07. The van der Waals surface area contributed by atoms with Gasteiger partial charge in [0.15, 0.2) is 0 Å². The largest absolute Gasteiger partial charge is 0.459 e. The topological polar surface area (TPSA) is 61.0 Å². The van der Waals surface area contributed by atoms with Crippen LogP contribution in [0.3, 0.4) is 0 Å². The van der Waals surface area contributed by atoms with E-state index >= 15 is 0 Å². The highest BCUT2D eigenvalue weighted by molar-refractivity contribution is 5.39. The molecule has 100 valence electrons. The van der Waals surface area contributed by atoms with Crippen molar-refractivity contribution in [3.8, 4) is 6.01 Å². The van der Waals surface area contributed by atoms with Crippen LogP contribution in [0.1, 0.15) is 36.7 Å². The maximum atomic E-state index is 5.64. The molecule has 0 radical (unpaired) electrons. The Morgan fingerprint density at radius 2 is 1.84 bits per heavy atom. The lowest BCUT2D eigenvalue weighted by Gasteiger charge is -2.09. The summed E-state index contributed by atoms with van der Waals surface area (Å²) in [4.78, 5) is 8.70.